The third kappa shape index (κ3) is 6.76. The summed E-state index contributed by atoms with van der Waals surface area (Å²) in [5.41, 5.74) is 3.06. The predicted octanol–water partition coefficient (Wildman–Crippen LogP) is 3.71. The number of hydrogen-bond donors (Lipinski definition) is 1. The van der Waals surface area contributed by atoms with E-state index in [1.165, 1.54) is 0 Å². The highest BCUT2D eigenvalue weighted by Crippen LogP contribution is 2.29. The van der Waals surface area contributed by atoms with Crippen molar-refractivity contribution in [1.82, 2.24) is 10.2 Å². The van der Waals surface area contributed by atoms with Gasteiger partial charge in [-0.15, -0.1) is 0 Å². The van der Waals surface area contributed by atoms with Crippen LogP contribution in [0.1, 0.15) is 23.1 Å². The molecule has 34 heavy (non-hydrogen) atoms. The van der Waals surface area contributed by atoms with Crippen LogP contribution in [0.5, 0.6) is 0 Å². The number of esters is 2. The van der Waals surface area contributed by atoms with E-state index >= 15 is 0 Å². The summed E-state index contributed by atoms with van der Waals surface area (Å²) in [4.78, 5) is 27.0. The molecular formula is C28H30N2O4. The average Bonchev–Trinajstić information content (AvgIpc) is 2.88. The Morgan fingerprint density at radius 1 is 0.765 bits per heavy atom. The van der Waals surface area contributed by atoms with E-state index in [0.29, 0.717) is 19.5 Å². The number of ether oxygens (including phenoxy) is 2. The van der Waals surface area contributed by atoms with E-state index in [1.54, 1.807) is 0 Å². The monoisotopic (exact) mass is 458 g/mol. The minimum Gasteiger partial charge on any atom is -0.460 e. The quantitative estimate of drug-likeness (QED) is 0.442. The highest BCUT2D eigenvalue weighted by atomic mass is 16.5. The third-order valence-electron chi connectivity index (χ3n) is 5.96. The molecule has 0 amide bonds. The van der Waals surface area contributed by atoms with Crippen molar-refractivity contribution in [3.63, 3.8) is 0 Å². The van der Waals surface area contributed by atoms with Crippen molar-refractivity contribution in [2.24, 2.45) is 0 Å². The zero-order chi connectivity index (χ0) is 23.6. The van der Waals surface area contributed by atoms with Gasteiger partial charge in [0.15, 0.2) is 0 Å². The standard InChI is InChI=1S/C28H30N2O4/c31-27(33-20-23-12-6-2-7-13-23)18-29-17-25-16-26(30(25)19-22-10-4-1-5-11-22)28(32)34-21-24-14-8-3-9-15-24/h1-15,25-26,29H,16-21H2. The van der Waals surface area contributed by atoms with Crippen LogP contribution in [0, 0.1) is 0 Å². The van der Waals surface area contributed by atoms with Crippen molar-refractivity contribution < 1.29 is 19.1 Å². The molecule has 0 aliphatic carbocycles. The number of nitrogens with zero attached hydrogens (tertiary/aromatic N) is 1. The highest BCUT2D eigenvalue weighted by molar-refractivity contribution is 5.77. The lowest BCUT2D eigenvalue weighted by Gasteiger charge is -2.47. The molecule has 2 atom stereocenters. The molecule has 2 unspecified atom stereocenters. The van der Waals surface area contributed by atoms with Gasteiger partial charge in [0.25, 0.3) is 0 Å². The van der Waals surface area contributed by atoms with Crippen LogP contribution in [0.2, 0.25) is 0 Å². The van der Waals surface area contributed by atoms with Gasteiger partial charge >= 0.3 is 11.9 Å². The summed E-state index contributed by atoms with van der Waals surface area (Å²) in [5, 5.41) is 3.19. The average molecular weight is 459 g/mol. The van der Waals surface area contributed by atoms with Crippen LogP contribution in [0.25, 0.3) is 0 Å². The lowest BCUT2D eigenvalue weighted by molar-refractivity contribution is -0.161. The molecule has 1 aliphatic heterocycles. The van der Waals surface area contributed by atoms with Crippen molar-refractivity contribution in [3.05, 3.63) is 108 Å². The van der Waals surface area contributed by atoms with Crippen LogP contribution in [-0.4, -0.2) is 42.0 Å². The van der Waals surface area contributed by atoms with E-state index in [9.17, 15) is 9.59 Å². The summed E-state index contributed by atoms with van der Waals surface area (Å²) in [7, 11) is 0. The van der Waals surface area contributed by atoms with Gasteiger partial charge in [-0.05, 0) is 23.1 Å². The van der Waals surface area contributed by atoms with E-state index in [2.05, 4.69) is 22.3 Å². The van der Waals surface area contributed by atoms with Gasteiger partial charge in [-0.2, -0.15) is 0 Å². The molecule has 3 aromatic rings. The maximum absolute atomic E-state index is 12.8. The lowest BCUT2D eigenvalue weighted by Crippen LogP contribution is -2.62. The Kier molecular flexibility index (Phi) is 8.43. The second-order valence-electron chi connectivity index (χ2n) is 8.43. The minimum atomic E-state index is -0.295. The fraction of sp³-hybridized carbons (Fsp3) is 0.286. The van der Waals surface area contributed by atoms with Gasteiger partial charge < -0.3 is 14.8 Å². The molecule has 4 rings (SSSR count). The normalized spacial score (nSPS) is 17.5. The van der Waals surface area contributed by atoms with Crippen LogP contribution in [0.15, 0.2) is 91.0 Å². The molecule has 1 heterocycles. The van der Waals surface area contributed by atoms with Crippen LogP contribution >= 0.6 is 0 Å². The molecule has 1 fully saturated rings. The van der Waals surface area contributed by atoms with E-state index in [1.807, 2.05) is 78.9 Å². The Labute approximate surface area is 200 Å². The van der Waals surface area contributed by atoms with Crippen molar-refractivity contribution in [2.75, 3.05) is 13.1 Å². The first-order valence-corrected chi connectivity index (χ1v) is 11.6. The molecule has 1 aliphatic rings. The molecule has 6 heteroatoms. The molecule has 0 aromatic heterocycles. The number of benzene rings is 3. The van der Waals surface area contributed by atoms with Crippen LogP contribution in [-0.2, 0) is 38.8 Å². The SMILES string of the molecule is O=C(CNCC1CC(C(=O)OCc2ccccc2)N1Cc1ccccc1)OCc1ccccc1. The first-order chi connectivity index (χ1) is 16.7. The Hall–Kier alpha value is -3.48. The number of carbonyl (C=O) groups excluding carboxylic acids is 2. The van der Waals surface area contributed by atoms with E-state index in [0.717, 1.165) is 16.7 Å². The van der Waals surface area contributed by atoms with Gasteiger partial charge in [0.05, 0.1) is 6.54 Å². The van der Waals surface area contributed by atoms with Crippen molar-refractivity contribution in [3.8, 4) is 0 Å². The van der Waals surface area contributed by atoms with Crippen LogP contribution in [0.4, 0.5) is 0 Å². The van der Waals surface area contributed by atoms with Crippen LogP contribution in [0.3, 0.4) is 0 Å². The summed E-state index contributed by atoms with van der Waals surface area (Å²) in [6.45, 7) is 1.91. The maximum atomic E-state index is 12.8. The fourth-order valence-corrected chi connectivity index (χ4v) is 4.07. The van der Waals surface area contributed by atoms with Gasteiger partial charge in [0.1, 0.15) is 19.3 Å². The molecule has 0 bridgehead atoms. The molecule has 0 radical (unpaired) electrons. The lowest BCUT2D eigenvalue weighted by atomic mass is 9.91. The number of carbonyl (C=O) groups is 2. The highest BCUT2D eigenvalue weighted by Gasteiger charge is 2.43. The Balaban J connectivity index is 1.26. The van der Waals surface area contributed by atoms with Gasteiger partial charge in [-0.1, -0.05) is 91.0 Å². The van der Waals surface area contributed by atoms with Crippen molar-refractivity contribution in [1.29, 1.82) is 0 Å². The Morgan fingerprint density at radius 3 is 1.88 bits per heavy atom. The van der Waals surface area contributed by atoms with Crippen LogP contribution < -0.4 is 5.32 Å². The van der Waals surface area contributed by atoms with E-state index in [4.69, 9.17) is 9.47 Å². The topological polar surface area (TPSA) is 67.9 Å². The fourth-order valence-electron chi connectivity index (χ4n) is 4.07. The van der Waals surface area contributed by atoms with Gasteiger partial charge in [0, 0.05) is 19.1 Å². The van der Waals surface area contributed by atoms with Gasteiger partial charge in [-0.25, -0.2) is 0 Å². The number of nitrogens with one attached hydrogen (secondary N) is 1. The molecule has 176 valence electrons. The first kappa shape index (κ1) is 23.7. The van der Waals surface area contributed by atoms with E-state index < -0.39 is 0 Å². The van der Waals surface area contributed by atoms with E-state index in [-0.39, 0.29) is 43.8 Å². The zero-order valence-electron chi connectivity index (χ0n) is 19.1. The summed E-state index contributed by atoms with van der Waals surface area (Å²) in [6.07, 6.45) is 0.687. The van der Waals surface area contributed by atoms with Crippen molar-refractivity contribution in [2.45, 2.75) is 38.3 Å². The Morgan fingerprint density at radius 2 is 1.29 bits per heavy atom. The second-order valence-corrected chi connectivity index (χ2v) is 8.43. The molecule has 0 saturated carbocycles. The van der Waals surface area contributed by atoms with Gasteiger partial charge in [-0.3, -0.25) is 14.5 Å². The summed E-state index contributed by atoms with van der Waals surface area (Å²) in [5.74, 6) is -0.505. The number of hydrogen-bond acceptors (Lipinski definition) is 6. The first-order valence-electron chi connectivity index (χ1n) is 11.6. The Bertz CT molecular complexity index is 1040. The molecule has 0 spiro atoms. The smallest absolute Gasteiger partial charge is 0.323 e. The third-order valence-corrected chi connectivity index (χ3v) is 5.96. The molecule has 3 aromatic carbocycles. The van der Waals surface area contributed by atoms with Gasteiger partial charge in [0.2, 0.25) is 0 Å². The predicted molar refractivity (Wildman–Crippen MR) is 130 cm³/mol. The summed E-state index contributed by atoms with van der Waals surface area (Å²) < 4.78 is 10.9. The number of likely N-dealkylation sites (tertiary alicyclic amines) is 1. The zero-order valence-corrected chi connectivity index (χ0v) is 19.1. The summed E-state index contributed by atoms with van der Waals surface area (Å²) in [6, 6.07) is 29.2. The molecule has 6 nitrogen and oxygen atoms in total. The molecular weight excluding hydrogens is 428 g/mol. The van der Waals surface area contributed by atoms with Crippen molar-refractivity contribution >= 4 is 11.9 Å². The molecule has 1 saturated heterocycles. The number of rotatable bonds is 11. The molecule has 1 N–H and O–H groups in total. The maximum Gasteiger partial charge on any atom is 0.323 e. The largest absolute Gasteiger partial charge is 0.460 e. The second kappa shape index (κ2) is 12.1. The minimum absolute atomic E-state index is 0.131. The summed E-state index contributed by atoms with van der Waals surface area (Å²) >= 11 is 0.